The van der Waals surface area contributed by atoms with Gasteiger partial charge in [0.25, 0.3) is 6.47 Å². The number of carbonyl (C=O) groups excluding carboxylic acids is 1. The van der Waals surface area contributed by atoms with Gasteiger partial charge >= 0.3 is 0 Å². The molecule has 1 atom stereocenters. The zero-order valence-electron chi connectivity index (χ0n) is 15.2. The van der Waals surface area contributed by atoms with Gasteiger partial charge in [-0.15, -0.1) is 0 Å². The molecule has 1 amide bonds. The van der Waals surface area contributed by atoms with Crippen LogP contribution in [0, 0.1) is 0 Å². The van der Waals surface area contributed by atoms with Gasteiger partial charge in [-0.25, -0.2) is 0 Å². The van der Waals surface area contributed by atoms with Crippen LogP contribution in [0.4, 0.5) is 0 Å². The molecule has 2 aliphatic heterocycles. The minimum Gasteiger partial charge on any atom is -0.483 e. The summed E-state index contributed by atoms with van der Waals surface area (Å²) < 4.78 is 0. The Kier molecular flexibility index (Phi) is 6.02. The lowest BCUT2D eigenvalue weighted by Crippen LogP contribution is -2.45. The molecule has 9 heteroatoms. The van der Waals surface area contributed by atoms with Gasteiger partial charge < -0.3 is 20.0 Å². The van der Waals surface area contributed by atoms with Crippen LogP contribution in [-0.4, -0.2) is 85.7 Å². The lowest BCUT2D eigenvalue weighted by Gasteiger charge is -2.28. The predicted molar refractivity (Wildman–Crippen MR) is 98.0 cm³/mol. The van der Waals surface area contributed by atoms with Crippen LogP contribution in [0.1, 0.15) is 19.3 Å². The largest absolute Gasteiger partial charge is 0.483 e. The maximum Gasteiger partial charge on any atom is 0.290 e. The van der Waals surface area contributed by atoms with Crippen LogP contribution in [0.2, 0.25) is 0 Å². The van der Waals surface area contributed by atoms with E-state index >= 15 is 0 Å². The third-order valence-corrected chi connectivity index (χ3v) is 5.01. The van der Waals surface area contributed by atoms with E-state index in [0.29, 0.717) is 26.1 Å². The number of benzene rings is 1. The van der Waals surface area contributed by atoms with Crippen molar-refractivity contribution in [3.8, 4) is 0 Å². The van der Waals surface area contributed by atoms with Crippen LogP contribution in [0.5, 0.6) is 0 Å². The van der Waals surface area contributed by atoms with E-state index < -0.39 is 5.60 Å². The monoisotopic (exact) mass is 375 g/mol. The summed E-state index contributed by atoms with van der Waals surface area (Å²) in [7, 11) is 0. The molecule has 0 spiro atoms. The molecule has 4 rings (SSSR count). The van der Waals surface area contributed by atoms with Crippen molar-refractivity contribution in [1.29, 1.82) is 0 Å². The summed E-state index contributed by atoms with van der Waals surface area (Å²) in [6.07, 6.45) is 3.05. The van der Waals surface area contributed by atoms with Crippen molar-refractivity contribution >= 4 is 23.4 Å². The number of hydrogen-bond donors (Lipinski definition) is 2. The predicted octanol–water partition coefficient (Wildman–Crippen LogP) is 0.191. The smallest absolute Gasteiger partial charge is 0.290 e. The third-order valence-electron chi connectivity index (χ3n) is 5.01. The summed E-state index contributed by atoms with van der Waals surface area (Å²) in [6.45, 7) is 3.66. The van der Waals surface area contributed by atoms with Gasteiger partial charge in [-0.3, -0.25) is 9.59 Å². The zero-order valence-corrected chi connectivity index (χ0v) is 15.2. The summed E-state index contributed by atoms with van der Waals surface area (Å²) in [4.78, 5) is 26.4. The van der Waals surface area contributed by atoms with Crippen LogP contribution in [0.15, 0.2) is 24.3 Å². The van der Waals surface area contributed by atoms with E-state index in [1.54, 1.807) is 4.90 Å². The van der Waals surface area contributed by atoms with Gasteiger partial charge in [0, 0.05) is 13.1 Å². The molecule has 9 nitrogen and oxygen atoms in total. The number of rotatable bonds is 4. The summed E-state index contributed by atoms with van der Waals surface area (Å²) in [5.74, 6) is -0.0346. The number of nitrogens with zero attached hydrogens (tertiary/aromatic N) is 5. The summed E-state index contributed by atoms with van der Waals surface area (Å²) in [5.41, 5.74) is 0.803. The number of hydrogen-bond acceptors (Lipinski definition) is 6. The first-order valence-electron chi connectivity index (χ1n) is 9.13. The maximum atomic E-state index is 12.5. The highest BCUT2D eigenvalue weighted by molar-refractivity contribution is 5.77. The Morgan fingerprint density at radius 2 is 1.74 bits per heavy atom. The first-order valence-corrected chi connectivity index (χ1v) is 9.13. The second-order valence-corrected chi connectivity index (χ2v) is 7.10. The molecular formula is C18H25N5O4. The van der Waals surface area contributed by atoms with Gasteiger partial charge in [-0.1, -0.05) is 12.1 Å². The van der Waals surface area contributed by atoms with E-state index in [-0.39, 0.29) is 18.9 Å². The standard InChI is InChI=1S/C17H23N5O2.CH2O2/c23-16(11-22-18-14-5-1-2-6-15(14)19-22)21-10-7-17(24,13-21)12-20-8-3-4-9-20;2-1-3/h1-2,5-6,24H,3-4,7-13H2;1H,(H,2,3). The number of carboxylic acid groups (broad SMARTS) is 1. The maximum absolute atomic E-state index is 12.5. The van der Waals surface area contributed by atoms with Crippen LogP contribution in [0.3, 0.4) is 0 Å². The zero-order chi connectivity index (χ0) is 19.3. The number of carbonyl (C=O) groups is 2. The van der Waals surface area contributed by atoms with E-state index in [2.05, 4.69) is 15.1 Å². The van der Waals surface area contributed by atoms with Crippen molar-refractivity contribution in [2.75, 3.05) is 32.7 Å². The Bertz CT molecular complexity index is 756. The van der Waals surface area contributed by atoms with Crippen LogP contribution in [-0.2, 0) is 16.1 Å². The average Bonchev–Trinajstić information content (AvgIpc) is 3.35. The van der Waals surface area contributed by atoms with Gasteiger partial charge in [-0.2, -0.15) is 15.0 Å². The van der Waals surface area contributed by atoms with Gasteiger partial charge in [-0.05, 0) is 44.5 Å². The molecule has 3 heterocycles. The molecule has 0 saturated carbocycles. The molecule has 1 unspecified atom stereocenters. The number of aromatic nitrogens is 3. The first-order chi connectivity index (χ1) is 13.0. The van der Waals surface area contributed by atoms with E-state index in [9.17, 15) is 9.90 Å². The fourth-order valence-electron chi connectivity index (χ4n) is 3.75. The second-order valence-electron chi connectivity index (χ2n) is 7.10. The van der Waals surface area contributed by atoms with E-state index in [1.165, 1.54) is 17.6 Å². The minimum absolute atomic E-state index is 0.0346. The number of fused-ring (bicyclic) bond motifs is 1. The normalized spacial score (nSPS) is 22.6. The molecule has 1 aromatic carbocycles. The van der Waals surface area contributed by atoms with Crippen molar-refractivity contribution in [1.82, 2.24) is 24.8 Å². The van der Waals surface area contributed by atoms with Gasteiger partial charge in [0.15, 0.2) is 0 Å². The van der Waals surface area contributed by atoms with E-state index in [4.69, 9.17) is 9.90 Å². The molecule has 0 aliphatic carbocycles. The molecule has 2 N–H and O–H groups in total. The molecule has 0 radical (unpaired) electrons. The number of aliphatic hydroxyl groups is 1. The molecule has 2 aliphatic rings. The van der Waals surface area contributed by atoms with Crippen molar-refractivity contribution in [3.05, 3.63) is 24.3 Å². The van der Waals surface area contributed by atoms with E-state index in [0.717, 1.165) is 24.1 Å². The number of likely N-dealkylation sites (tertiary alicyclic amines) is 2. The summed E-state index contributed by atoms with van der Waals surface area (Å²) >= 11 is 0. The van der Waals surface area contributed by atoms with Crippen molar-refractivity contribution in [3.63, 3.8) is 0 Å². The molecule has 2 saturated heterocycles. The highest BCUT2D eigenvalue weighted by Crippen LogP contribution is 2.24. The molecule has 0 bridgehead atoms. The van der Waals surface area contributed by atoms with Gasteiger partial charge in [0.2, 0.25) is 5.91 Å². The van der Waals surface area contributed by atoms with Crippen LogP contribution >= 0.6 is 0 Å². The first kappa shape index (κ1) is 19.2. The summed E-state index contributed by atoms with van der Waals surface area (Å²) in [5, 5.41) is 26.3. The second kappa shape index (κ2) is 8.45. The van der Waals surface area contributed by atoms with Crippen molar-refractivity contribution < 1.29 is 19.8 Å². The fourth-order valence-corrected chi connectivity index (χ4v) is 3.75. The van der Waals surface area contributed by atoms with Gasteiger partial charge in [0.05, 0.1) is 12.1 Å². The van der Waals surface area contributed by atoms with E-state index in [1.807, 2.05) is 24.3 Å². The number of β-amino-alcohol motifs (C(OH)–C–C–N with tert-alkyl or cyclic N) is 1. The quantitative estimate of drug-likeness (QED) is 0.734. The average molecular weight is 375 g/mol. The SMILES string of the molecule is O=C(Cn1nc2ccccc2n1)N1CCC(O)(CN2CCCC2)C1.O=CO. The lowest BCUT2D eigenvalue weighted by atomic mass is 10.0. The molecule has 2 fully saturated rings. The Hall–Kier alpha value is -2.52. The lowest BCUT2D eigenvalue weighted by molar-refractivity contribution is -0.132. The minimum atomic E-state index is -0.776. The fraction of sp³-hybridized carbons (Fsp3) is 0.556. The Labute approximate surface area is 157 Å². The van der Waals surface area contributed by atoms with Crippen molar-refractivity contribution in [2.24, 2.45) is 0 Å². The Morgan fingerprint density at radius 3 is 2.33 bits per heavy atom. The molecule has 2 aromatic rings. The highest BCUT2D eigenvalue weighted by atomic mass is 16.3. The highest BCUT2D eigenvalue weighted by Gasteiger charge is 2.39. The molecule has 146 valence electrons. The Balaban J connectivity index is 0.000000659. The molecule has 1 aromatic heterocycles. The molecular weight excluding hydrogens is 350 g/mol. The topological polar surface area (TPSA) is 112 Å². The third kappa shape index (κ3) is 4.81. The van der Waals surface area contributed by atoms with Crippen molar-refractivity contribution in [2.45, 2.75) is 31.4 Å². The van der Waals surface area contributed by atoms with Crippen LogP contribution < -0.4 is 0 Å². The Morgan fingerprint density at radius 1 is 1.15 bits per heavy atom. The van der Waals surface area contributed by atoms with Gasteiger partial charge in [0.1, 0.15) is 17.6 Å². The summed E-state index contributed by atoms with van der Waals surface area (Å²) in [6, 6.07) is 7.58. The number of amides is 1. The molecule has 27 heavy (non-hydrogen) atoms. The van der Waals surface area contributed by atoms with Crippen LogP contribution in [0.25, 0.3) is 11.0 Å².